The second kappa shape index (κ2) is 5.19. The summed E-state index contributed by atoms with van der Waals surface area (Å²) in [5.41, 5.74) is 1.66. The zero-order valence-electron chi connectivity index (χ0n) is 9.61. The van der Waals surface area contributed by atoms with Crippen molar-refractivity contribution in [2.45, 2.75) is 26.3 Å². The summed E-state index contributed by atoms with van der Waals surface area (Å²) in [6.07, 6.45) is 5.07. The number of fused-ring (bicyclic) bond motifs is 1. The van der Waals surface area contributed by atoms with Crippen molar-refractivity contribution in [1.82, 2.24) is 14.7 Å². The Morgan fingerprint density at radius 1 is 1.47 bits per heavy atom. The van der Waals surface area contributed by atoms with E-state index in [1.165, 1.54) is 0 Å². The molecule has 0 aliphatic carbocycles. The van der Waals surface area contributed by atoms with Gasteiger partial charge in [0.25, 0.3) is 0 Å². The molecule has 2 heterocycles. The number of pyridine rings is 1. The number of aromatic nitrogens is 2. The lowest BCUT2D eigenvalue weighted by atomic mass is 10.3. The highest BCUT2D eigenvalue weighted by atomic mass is 35.5. The van der Waals surface area contributed by atoms with Gasteiger partial charge in [0.05, 0.1) is 17.3 Å². The van der Waals surface area contributed by atoms with Crippen molar-refractivity contribution in [3.05, 3.63) is 35.2 Å². The number of carbonyl (C=O) groups is 1. The van der Waals surface area contributed by atoms with Gasteiger partial charge >= 0.3 is 0 Å². The number of amides is 1. The molecule has 0 aliphatic rings. The highest BCUT2D eigenvalue weighted by Crippen LogP contribution is 2.11. The molecular weight excluding hydrogens is 238 g/mol. The first-order valence-electron chi connectivity index (χ1n) is 5.59. The fourth-order valence-corrected chi connectivity index (χ4v) is 1.78. The molecule has 0 saturated carbocycles. The van der Waals surface area contributed by atoms with E-state index in [0.29, 0.717) is 18.0 Å². The number of imidazole rings is 1. The quantitative estimate of drug-likeness (QED) is 0.907. The normalized spacial score (nSPS) is 10.7. The lowest BCUT2D eigenvalue weighted by molar-refractivity contribution is -0.121. The van der Waals surface area contributed by atoms with Crippen molar-refractivity contribution in [3.63, 3.8) is 0 Å². The van der Waals surface area contributed by atoms with Crippen molar-refractivity contribution >= 4 is 23.2 Å². The third-order valence-corrected chi connectivity index (χ3v) is 2.63. The molecule has 2 aromatic rings. The number of hydrogen-bond acceptors (Lipinski definition) is 2. The monoisotopic (exact) mass is 251 g/mol. The summed E-state index contributed by atoms with van der Waals surface area (Å²) in [4.78, 5) is 15.7. The number of nitrogens with zero attached hydrogens (tertiary/aromatic N) is 2. The molecule has 2 rings (SSSR count). The van der Waals surface area contributed by atoms with Crippen LogP contribution in [0, 0.1) is 0 Å². The highest BCUT2D eigenvalue weighted by molar-refractivity contribution is 6.30. The average molecular weight is 252 g/mol. The molecule has 17 heavy (non-hydrogen) atoms. The van der Waals surface area contributed by atoms with E-state index in [0.717, 1.165) is 17.8 Å². The molecule has 0 bridgehead atoms. The third-order valence-electron chi connectivity index (χ3n) is 2.41. The molecule has 90 valence electrons. The Bertz CT molecular complexity index is 536. The van der Waals surface area contributed by atoms with Crippen molar-refractivity contribution in [2.24, 2.45) is 0 Å². The van der Waals surface area contributed by atoms with Crippen molar-refractivity contribution < 1.29 is 4.79 Å². The SMILES string of the molecule is CCCC(=O)NCc1cn2cc(Cl)ccc2n1. The van der Waals surface area contributed by atoms with Gasteiger partial charge in [-0.1, -0.05) is 18.5 Å². The van der Waals surface area contributed by atoms with Gasteiger partial charge in [-0.25, -0.2) is 4.98 Å². The molecular formula is C12H14ClN3O. The van der Waals surface area contributed by atoms with Crippen molar-refractivity contribution in [1.29, 1.82) is 0 Å². The first-order valence-corrected chi connectivity index (χ1v) is 5.96. The minimum Gasteiger partial charge on any atom is -0.350 e. The largest absolute Gasteiger partial charge is 0.350 e. The van der Waals surface area contributed by atoms with Crippen LogP contribution in [0.4, 0.5) is 0 Å². The molecule has 0 spiro atoms. The van der Waals surface area contributed by atoms with Gasteiger partial charge < -0.3 is 9.72 Å². The van der Waals surface area contributed by atoms with E-state index in [1.54, 1.807) is 12.3 Å². The second-order valence-corrected chi connectivity index (χ2v) is 4.31. The van der Waals surface area contributed by atoms with Gasteiger partial charge in [-0.05, 0) is 18.6 Å². The van der Waals surface area contributed by atoms with Gasteiger partial charge in [-0.15, -0.1) is 0 Å². The Morgan fingerprint density at radius 3 is 3.06 bits per heavy atom. The maximum Gasteiger partial charge on any atom is 0.220 e. The summed E-state index contributed by atoms with van der Waals surface area (Å²) in [6.45, 7) is 2.44. The van der Waals surface area contributed by atoms with E-state index >= 15 is 0 Å². The van der Waals surface area contributed by atoms with Crippen LogP contribution in [0.5, 0.6) is 0 Å². The van der Waals surface area contributed by atoms with E-state index in [1.807, 2.05) is 23.6 Å². The van der Waals surface area contributed by atoms with Gasteiger partial charge in [0.15, 0.2) is 0 Å². The van der Waals surface area contributed by atoms with Gasteiger partial charge in [0, 0.05) is 18.8 Å². The molecule has 4 nitrogen and oxygen atoms in total. The van der Waals surface area contributed by atoms with Crippen LogP contribution in [0.15, 0.2) is 24.5 Å². The van der Waals surface area contributed by atoms with Gasteiger partial charge in [0.1, 0.15) is 5.65 Å². The molecule has 0 aromatic carbocycles. The topological polar surface area (TPSA) is 46.4 Å². The summed E-state index contributed by atoms with van der Waals surface area (Å²) < 4.78 is 1.85. The van der Waals surface area contributed by atoms with Crippen LogP contribution in [0.25, 0.3) is 5.65 Å². The lowest BCUT2D eigenvalue weighted by Gasteiger charge is -2.00. The highest BCUT2D eigenvalue weighted by Gasteiger charge is 2.04. The molecule has 1 N–H and O–H groups in total. The number of nitrogens with one attached hydrogen (secondary N) is 1. The zero-order chi connectivity index (χ0) is 12.3. The fourth-order valence-electron chi connectivity index (χ4n) is 1.61. The molecule has 0 fully saturated rings. The number of hydrogen-bond donors (Lipinski definition) is 1. The van der Waals surface area contributed by atoms with Crippen LogP contribution in [0.2, 0.25) is 5.02 Å². The summed E-state index contributed by atoms with van der Waals surface area (Å²) in [6, 6.07) is 3.64. The maximum atomic E-state index is 11.3. The number of halogens is 1. The van der Waals surface area contributed by atoms with Crippen LogP contribution in [-0.4, -0.2) is 15.3 Å². The van der Waals surface area contributed by atoms with Crippen LogP contribution < -0.4 is 5.32 Å². The third kappa shape index (κ3) is 2.97. The number of rotatable bonds is 4. The summed E-state index contributed by atoms with van der Waals surface area (Å²) in [5.74, 6) is 0.0580. The predicted octanol–water partition coefficient (Wildman–Crippen LogP) is 2.40. The Morgan fingerprint density at radius 2 is 2.29 bits per heavy atom. The Hall–Kier alpha value is -1.55. The fraction of sp³-hybridized carbons (Fsp3) is 0.333. The summed E-state index contributed by atoms with van der Waals surface area (Å²) in [7, 11) is 0. The molecule has 2 aromatic heterocycles. The van der Waals surface area contributed by atoms with Gasteiger partial charge in [-0.2, -0.15) is 0 Å². The molecule has 0 radical (unpaired) electrons. The lowest BCUT2D eigenvalue weighted by Crippen LogP contribution is -2.22. The molecule has 0 atom stereocenters. The van der Waals surface area contributed by atoms with Gasteiger partial charge in [-0.3, -0.25) is 4.79 Å². The minimum atomic E-state index is 0.0580. The summed E-state index contributed by atoms with van der Waals surface area (Å²) in [5, 5.41) is 3.49. The van der Waals surface area contributed by atoms with Crippen molar-refractivity contribution in [2.75, 3.05) is 0 Å². The van der Waals surface area contributed by atoms with E-state index < -0.39 is 0 Å². The van der Waals surface area contributed by atoms with E-state index in [4.69, 9.17) is 11.6 Å². The molecule has 0 saturated heterocycles. The van der Waals surface area contributed by atoms with Crippen LogP contribution >= 0.6 is 11.6 Å². The van der Waals surface area contributed by atoms with Crippen LogP contribution in [0.1, 0.15) is 25.5 Å². The summed E-state index contributed by atoms with van der Waals surface area (Å²) >= 11 is 5.88. The molecule has 5 heteroatoms. The van der Waals surface area contributed by atoms with E-state index in [9.17, 15) is 4.79 Å². The standard InChI is InChI=1S/C12H14ClN3O/c1-2-3-12(17)14-6-10-8-16-7-9(13)4-5-11(16)15-10/h4-5,7-8H,2-3,6H2,1H3,(H,14,17). The first kappa shape index (κ1) is 11.9. The van der Waals surface area contributed by atoms with Crippen LogP contribution in [-0.2, 0) is 11.3 Å². The molecule has 1 amide bonds. The maximum absolute atomic E-state index is 11.3. The minimum absolute atomic E-state index is 0.0580. The Balaban J connectivity index is 2.07. The predicted molar refractivity (Wildman–Crippen MR) is 67.0 cm³/mol. The Labute approximate surface area is 105 Å². The van der Waals surface area contributed by atoms with E-state index in [2.05, 4.69) is 10.3 Å². The zero-order valence-corrected chi connectivity index (χ0v) is 10.4. The van der Waals surface area contributed by atoms with E-state index in [-0.39, 0.29) is 5.91 Å². The smallest absolute Gasteiger partial charge is 0.220 e. The van der Waals surface area contributed by atoms with Crippen molar-refractivity contribution in [3.8, 4) is 0 Å². The van der Waals surface area contributed by atoms with Crippen LogP contribution in [0.3, 0.4) is 0 Å². The first-order chi connectivity index (χ1) is 8.19. The van der Waals surface area contributed by atoms with Gasteiger partial charge in [0.2, 0.25) is 5.91 Å². The second-order valence-electron chi connectivity index (χ2n) is 3.87. The number of carbonyl (C=O) groups excluding carboxylic acids is 1. The Kier molecular flexibility index (Phi) is 3.64. The molecule has 0 unspecified atom stereocenters. The average Bonchev–Trinajstić information content (AvgIpc) is 2.68. The molecule has 0 aliphatic heterocycles.